The van der Waals surface area contributed by atoms with Crippen LogP contribution in [-0.4, -0.2) is 47.8 Å². The van der Waals surface area contributed by atoms with Crippen molar-refractivity contribution in [2.45, 2.75) is 32.7 Å². The molecule has 8 heteroatoms. The normalized spacial score (nSPS) is 15.8. The average molecular weight is 324 g/mol. The fraction of sp³-hybridized carbons (Fsp3) is 0.438. The molecule has 1 aliphatic rings. The van der Waals surface area contributed by atoms with Gasteiger partial charge in [-0.25, -0.2) is 14.3 Å². The first-order chi connectivity index (χ1) is 11.7. The lowest BCUT2D eigenvalue weighted by molar-refractivity contribution is 0.359. The molecule has 0 aliphatic carbocycles. The van der Waals surface area contributed by atoms with Gasteiger partial charge in [0.15, 0.2) is 5.82 Å². The molecule has 0 N–H and O–H groups in total. The van der Waals surface area contributed by atoms with E-state index in [-0.39, 0.29) is 0 Å². The lowest BCUT2D eigenvalue weighted by Gasteiger charge is -2.32. The molecule has 1 saturated heterocycles. The van der Waals surface area contributed by atoms with Crippen LogP contribution < -0.4 is 4.90 Å². The van der Waals surface area contributed by atoms with E-state index >= 15 is 0 Å². The van der Waals surface area contributed by atoms with Gasteiger partial charge < -0.3 is 4.90 Å². The predicted octanol–water partition coefficient (Wildman–Crippen LogP) is 1.71. The Labute approximate surface area is 140 Å². The highest BCUT2D eigenvalue weighted by molar-refractivity contribution is 5.40. The van der Waals surface area contributed by atoms with Crippen LogP contribution in [0.15, 0.2) is 30.9 Å². The van der Waals surface area contributed by atoms with Crippen molar-refractivity contribution in [3.8, 4) is 5.82 Å². The molecule has 0 unspecified atom stereocenters. The van der Waals surface area contributed by atoms with Crippen molar-refractivity contribution >= 4 is 5.82 Å². The zero-order valence-electron chi connectivity index (χ0n) is 13.9. The lowest BCUT2D eigenvalue weighted by atomic mass is 10.1. The van der Waals surface area contributed by atoms with E-state index in [0.29, 0.717) is 6.04 Å². The number of nitrogens with zero attached hydrogens (tertiary/aromatic N) is 8. The van der Waals surface area contributed by atoms with E-state index in [1.165, 1.54) is 0 Å². The Morgan fingerprint density at radius 3 is 2.54 bits per heavy atom. The summed E-state index contributed by atoms with van der Waals surface area (Å²) in [4.78, 5) is 11.4. The van der Waals surface area contributed by atoms with Gasteiger partial charge in [-0.2, -0.15) is 5.10 Å². The van der Waals surface area contributed by atoms with Gasteiger partial charge in [-0.3, -0.25) is 4.98 Å². The molecule has 4 rings (SSSR count). The molecule has 1 fully saturated rings. The zero-order valence-corrected chi connectivity index (χ0v) is 13.9. The van der Waals surface area contributed by atoms with E-state index in [0.717, 1.165) is 49.0 Å². The highest BCUT2D eigenvalue weighted by atomic mass is 15.4. The minimum Gasteiger partial charge on any atom is -0.355 e. The molecule has 0 bridgehead atoms. The molecule has 0 aromatic carbocycles. The molecule has 24 heavy (non-hydrogen) atoms. The van der Waals surface area contributed by atoms with E-state index in [2.05, 4.69) is 25.3 Å². The maximum absolute atomic E-state index is 4.76. The van der Waals surface area contributed by atoms with Crippen LogP contribution in [0.4, 0.5) is 5.82 Å². The molecule has 0 saturated carbocycles. The topological polar surface area (TPSA) is 77.5 Å². The van der Waals surface area contributed by atoms with Crippen molar-refractivity contribution < 1.29 is 0 Å². The summed E-state index contributed by atoms with van der Waals surface area (Å²) < 4.78 is 3.79. The van der Waals surface area contributed by atoms with Crippen molar-refractivity contribution in [2.75, 3.05) is 18.0 Å². The number of aromatic nitrogens is 7. The summed E-state index contributed by atoms with van der Waals surface area (Å²) in [6.07, 6.45) is 9.29. The lowest BCUT2D eigenvalue weighted by Crippen LogP contribution is -2.35. The Morgan fingerprint density at radius 1 is 1.08 bits per heavy atom. The fourth-order valence-electron chi connectivity index (χ4n) is 3.23. The zero-order chi connectivity index (χ0) is 16.5. The molecule has 1 aliphatic heterocycles. The maximum atomic E-state index is 4.76. The van der Waals surface area contributed by atoms with Gasteiger partial charge in [0.25, 0.3) is 0 Å². The first-order valence-corrected chi connectivity index (χ1v) is 8.17. The number of anilines is 1. The predicted molar refractivity (Wildman–Crippen MR) is 89.1 cm³/mol. The third kappa shape index (κ3) is 2.75. The van der Waals surface area contributed by atoms with Gasteiger partial charge in [0, 0.05) is 25.0 Å². The van der Waals surface area contributed by atoms with Gasteiger partial charge in [0.1, 0.15) is 5.82 Å². The monoisotopic (exact) mass is 324 g/mol. The first-order valence-electron chi connectivity index (χ1n) is 8.17. The second-order valence-corrected chi connectivity index (χ2v) is 6.18. The van der Waals surface area contributed by atoms with Crippen molar-refractivity contribution in [1.82, 2.24) is 34.7 Å². The largest absolute Gasteiger partial charge is 0.355 e. The molecule has 3 aromatic heterocycles. The number of hydrogen-bond donors (Lipinski definition) is 0. The Hall–Kier alpha value is -2.77. The second-order valence-electron chi connectivity index (χ2n) is 6.18. The van der Waals surface area contributed by atoms with E-state index in [4.69, 9.17) is 4.98 Å². The van der Waals surface area contributed by atoms with Crippen molar-refractivity contribution in [3.05, 3.63) is 42.2 Å². The van der Waals surface area contributed by atoms with Gasteiger partial charge in [0.05, 0.1) is 30.3 Å². The van der Waals surface area contributed by atoms with Crippen LogP contribution in [0.5, 0.6) is 0 Å². The number of rotatable bonds is 3. The Kier molecular flexibility index (Phi) is 3.72. The van der Waals surface area contributed by atoms with E-state index < -0.39 is 0 Å². The molecule has 8 nitrogen and oxygen atoms in total. The molecular formula is C16H20N8. The number of piperidine rings is 1. The second kappa shape index (κ2) is 6.03. The SMILES string of the molecule is Cc1cc(C)n(-c2cncc(N3CCC(n4ccnn4)CC3)n2)n1. The summed E-state index contributed by atoms with van der Waals surface area (Å²) >= 11 is 0. The summed E-state index contributed by atoms with van der Waals surface area (Å²) in [5, 5.41) is 12.5. The van der Waals surface area contributed by atoms with Crippen LogP contribution >= 0.6 is 0 Å². The minimum atomic E-state index is 0.413. The summed E-state index contributed by atoms with van der Waals surface area (Å²) in [6, 6.07) is 2.45. The summed E-state index contributed by atoms with van der Waals surface area (Å²) in [5.41, 5.74) is 2.04. The smallest absolute Gasteiger partial charge is 0.174 e. The van der Waals surface area contributed by atoms with Crippen molar-refractivity contribution in [1.29, 1.82) is 0 Å². The Morgan fingerprint density at radius 2 is 1.88 bits per heavy atom. The third-order valence-electron chi connectivity index (χ3n) is 4.44. The summed E-state index contributed by atoms with van der Waals surface area (Å²) in [6.45, 7) is 5.87. The molecule has 124 valence electrons. The minimum absolute atomic E-state index is 0.413. The molecule has 0 atom stereocenters. The van der Waals surface area contributed by atoms with Crippen LogP contribution in [0.25, 0.3) is 5.82 Å². The van der Waals surface area contributed by atoms with Gasteiger partial charge in [0.2, 0.25) is 0 Å². The maximum Gasteiger partial charge on any atom is 0.174 e. The number of hydrogen-bond acceptors (Lipinski definition) is 6. The quantitative estimate of drug-likeness (QED) is 0.730. The van der Waals surface area contributed by atoms with Crippen molar-refractivity contribution in [3.63, 3.8) is 0 Å². The van der Waals surface area contributed by atoms with E-state index in [1.54, 1.807) is 12.4 Å². The van der Waals surface area contributed by atoms with Gasteiger partial charge in [-0.05, 0) is 32.8 Å². The molecule has 0 amide bonds. The van der Waals surface area contributed by atoms with E-state index in [9.17, 15) is 0 Å². The highest BCUT2D eigenvalue weighted by Gasteiger charge is 2.22. The average Bonchev–Trinajstić information content (AvgIpc) is 3.25. The fourth-order valence-corrected chi connectivity index (χ4v) is 3.23. The molecule has 0 spiro atoms. The van der Waals surface area contributed by atoms with Crippen LogP contribution in [-0.2, 0) is 0 Å². The van der Waals surface area contributed by atoms with Crippen LogP contribution in [0.3, 0.4) is 0 Å². The van der Waals surface area contributed by atoms with Crippen LogP contribution in [0, 0.1) is 13.8 Å². The van der Waals surface area contributed by atoms with Gasteiger partial charge >= 0.3 is 0 Å². The van der Waals surface area contributed by atoms with Crippen LogP contribution in [0.2, 0.25) is 0 Å². The van der Waals surface area contributed by atoms with Gasteiger partial charge in [-0.15, -0.1) is 5.10 Å². The first kappa shape index (κ1) is 14.8. The highest BCUT2D eigenvalue weighted by Crippen LogP contribution is 2.24. The van der Waals surface area contributed by atoms with Gasteiger partial charge in [-0.1, -0.05) is 5.21 Å². The van der Waals surface area contributed by atoms with E-state index in [1.807, 2.05) is 41.7 Å². The third-order valence-corrected chi connectivity index (χ3v) is 4.44. The molecule has 3 aromatic rings. The number of aryl methyl sites for hydroxylation is 2. The Balaban J connectivity index is 1.51. The molecular weight excluding hydrogens is 304 g/mol. The van der Waals surface area contributed by atoms with Crippen molar-refractivity contribution in [2.24, 2.45) is 0 Å². The Bertz CT molecular complexity index is 814. The molecule has 0 radical (unpaired) electrons. The van der Waals surface area contributed by atoms with Crippen LogP contribution in [0.1, 0.15) is 30.3 Å². The molecule has 4 heterocycles. The standard InChI is InChI=1S/C16H20N8/c1-12-9-13(2)24(20-12)16-11-17-10-15(19-16)22-6-3-14(4-7-22)23-8-5-18-21-23/h5,8-11,14H,3-4,6-7H2,1-2H3. The summed E-state index contributed by atoms with van der Waals surface area (Å²) in [5.74, 6) is 1.66. The summed E-state index contributed by atoms with van der Waals surface area (Å²) in [7, 11) is 0.